The van der Waals surface area contributed by atoms with Crippen LogP contribution < -0.4 is 9.80 Å². The van der Waals surface area contributed by atoms with Gasteiger partial charge in [0.15, 0.2) is 0 Å². The SMILES string of the molecule is CN1CCOCCOCc2cc(N(C)C)ccc2-c2ccc(N(C)C)cc2COCCOCCN(C)CC1. The lowest BCUT2D eigenvalue weighted by Gasteiger charge is -2.22. The number of likely N-dealkylation sites (N-methyl/N-ethyl adjacent to an activating group) is 2. The minimum absolute atomic E-state index is 0.524. The molecule has 0 unspecified atom stereocenters. The van der Waals surface area contributed by atoms with Crippen molar-refractivity contribution in [1.82, 2.24) is 9.80 Å². The van der Waals surface area contributed by atoms with E-state index in [0.29, 0.717) is 52.9 Å². The Hall–Kier alpha value is -2.20. The highest BCUT2D eigenvalue weighted by Crippen LogP contribution is 2.33. The van der Waals surface area contributed by atoms with Crippen LogP contribution in [-0.4, -0.2) is 118 Å². The van der Waals surface area contributed by atoms with Crippen molar-refractivity contribution in [3.63, 3.8) is 0 Å². The molecule has 212 valence electrons. The number of fused-ring (bicyclic) bond motifs is 3. The van der Waals surface area contributed by atoms with E-state index in [9.17, 15) is 0 Å². The molecule has 0 fully saturated rings. The molecule has 0 atom stereocenters. The lowest BCUT2D eigenvalue weighted by Crippen LogP contribution is -2.34. The van der Waals surface area contributed by atoms with Crippen LogP contribution in [0.5, 0.6) is 0 Å². The van der Waals surface area contributed by atoms with Gasteiger partial charge in [0.2, 0.25) is 0 Å². The summed E-state index contributed by atoms with van der Waals surface area (Å²) in [7, 11) is 12.5. The van der Waals surface area contributed by atoms with E-state index in [0.717, 1.165) is 48.7 Å². The summed E-state index contributed by atoms with van der Waals surface area (Å²) in [5.41, 5.74) is 6.96. The molecule has 0 saturated carbocycles. The summed E-state index contributed by atoms with van der Waals surface area (Å²) in [5, 5.41) is 0. The number of nitrogens with zero attached hydrogens (tertiary/aromatic N) is 4. The smallest absolute Gasteiger partial charge is 0.0724 e. The topological polar surface area (TPSA) is 49.9 Å². The first-order chi connectivity index (χ1) is 18.3. The van der Waals surface area contributed by atoms with Crippen LogP contribution in [0.3, 0.4) is 0 Å². The Morgan fingerprint density at radius 1 is 0.526 bits per heavy atom. The van der Waals surface area contributed by atoms with Crippen LogP contribution in [0, 0.1) is 0 Å². The Balaban J connectivity index is 1.81. The molecule has 1 aliphatic rings. The van der Waals surface area contributed by atoms with Gasteiger partial charge in [-0.3, -0.25) is 0 Å². The molecule has 0 bridgehead atoms. The second-order valence-corrected chi connectivity index (χ2v) is 10.4. The minimum atomic E-state index is 0.524. The summed E-state index contributed by atoms with van der Waals surface area (Å²) < 4.78 is 23.9. The molecule has 0 aliphatic carbocycles. The zero-order valence-electron chi connectivity index (χ0n) is 24.4. The van der Waals surface area contributed by atoms with Crippen LogP contribution in [0.15, 0.2) is 36.4 Å². The molecule has 3 rings (SSSR count). The fourth-order valence-corrected chi connectivity index (χ4v) is 4.29. The van der Waals surface area contributed by atoms with E-state index >= 15 is 0 Å². The maximum Gasteiger partial charge on any atom is 0.0724 e. The average Bonchev–Trinajstić information content (AvgIpc) is 2.90. The van der Waals surface area contributed by atoms with Gasteiger partial charge in [0.05, 0.1) is 52.9 Å². The molecule has 0 N–H and O–H groups in total. The van der Waals surface area contributed by atoms with Gasteiger partial charge < -0.3 is 38.5 Å². The number of hydrogen-bond donors (Lipinski definition) is 0. The molecule has 2 aromatic rings. The second kappa shape index (κ2) is 16.0. The third-order valence-electron chi connectivity index (χ3n) is 6.86. The van der Waals surface area contributed by atoms with Gasteiger partial charge in [-0.15, -0.1) is 0 Å². The molecule has 38 heavy (non-hydrogen) atoms. The second-order valence-electron chi connectivity index (χ2n) is 10.4. The fourth-order valence-electron chi connectivity index (χ4n) is 4.29. The van der Waals surface area contributed by atoms with Crippen LogP contribution in [0.25, 0.3) is 11.1 Å². The molecule has 0 radical (unpaired) electrons. The highest BCUT2D eigenvalue weighted by atomic mass is 16.5. The molecular formula is C30H48N4O4. The molecule has 1 heterocycles. The van der Waals surface area contributed by atoms with Gasteiger partial charge in [-0.1, -0.05) is 12.1 Å². The van der Waals surface area contributed by atoms with Crippen LogP contribution >= 0.6 is 0 Å². The van der Waals surface area contributed by atoms with Gasteiger partial charge >= 0.3 is 0 Å². The third-order valence-corrected chi connectivity index (χ3v) is 6.86. The number of anilines is 2. The van der Waals surface area contributed by atoms with E-state index in [4.69, 9.17) is 18.9 Å². The summed E-state index contributed by atoms with van der Waals surface area (Å²) in [4.78, 5) is 8.85. The van der Waals surface area contributed by atoms with E-state index in [1.807, 2.05) is 0 Å². The Labute approximate surface area is 230 Å². The largest absolute Gasteiger partial charge is 0.378 e. The number of rotatable bonds is 2. The first-order valence-corrected chi connectivity index (χ1v) is 13.6. The first-order valence-electron chi connectivity index (χ1n) is 13.6. The summed E-state index contributed by atoms with van der Waals surface area (Å²) >= 11 is 0. The van der Waals surface area contributed by atoms with Crippen molar-refractivity contribution in [2.24, 2.45) is 0 Å². The molecule has 0 saturated heterocycles. The van der Waals surface area contributed by atoms with E-state index in [1.165, 1.54) is 11.1 Å². The van der Waals surface area contributed by atoms with Crippen LogP contribution in [-0.2, 0) is 32.2 Å². The van der Waals surface area contributed by atoms with Crippen molar-refractivity contribution in [3.8, 4) is 11.1 Å². The Bertz CT molecular complexity index is 892. The maximum atomic E-state index is 6.11. The van der Waals surface area contributed by atoms with Crippen LogP contribution in [0.4, 0.5) is 11.4 Å². The number of hydrogen-bond acceptors (Lipinski definition) is 8. The maximum absolute atomic E-state index is 6.11. The number of benzene rings is 2. The number of ether oxygens (including phenoxy) is 4. The predicted octanol–water partition coefficient (Wildman–Crippen LogP) is 3.43. The van der Waals surface area contributed by atoms with Gasteiger partial charge in [0.25, 0.3) is 0 Å². The van der Waals surface area contributed by atoms with Crippen molar-refractivity contribution in [3.05, 3.63) is 47.5 Å². The van der Waals surface area contributed by atoms with E-state index in [-0.39, 0.29) is 0 Å². The zero-order valence-corrected chi connectivity index (χ0v) is 24.4. The molecule has 8 nitrogen and oxygen atoms in total. The van der Waals surface area contributed by atoms with Gasteiger partial charge in [0.1, 0.15) is 0 Å². The van der Waals surface area contributed by atoms with E-state index < -0.39 is 0 Å². The van der Waals surface area contributed by atoms with E-state index in [2.05, 4.69) is 98.3 Å². The summed E-state index contributed by atoms with van der Waals surface area (Å²) in [6, 6.07) is 13.2. The van der Waals surface area contributed by atoms with Gasteiger partial charge in [-0.25, -0.2) is 0 Å². The lowest BCUT2D eigenvalue weighted by molar-refractivity contribution is 0.0303. The van der Waals surface area contributed by atoms with Gasteiger partial charge in [-0.2, -0.15) is 0 Å². The van der Waals surface area contributed by atoms with Gasteiger partial charge in [-0.05, 0) is 60.6 Å². The monoisotopic (exact) mass is 528 g/mol. The van der Waals surface area contributed by atoms with Gasteiger partial charge in [0, 0.05) is 65.7 Å². The standard InChI is InChI=1S/C30H48N4O4/c1-31(2)27-7-9-29-25(21-27)23-37-19-17-35-15-13-33(5)11-12-34(6)14-16-36-18-20-38-24-26-22-28(32(3)4)8-10-30(26)29/h7-10,21-22H,11-20,23-24H2,1-6H3. The van der Waals surface area contributed by atoms with Crippen molar-refractivity contribution in [2.45, 2.75) is 13.2 Å². The zero-order chi connectivity index (χ0) is 27.3. The molecule has 8 heteroatoms. The minimum Gasteiger partial charge on any atom is -0.378 e. The molecule has 2 aromatic carbocycles. The molecule has 0 spiro atoms. The summed E-state index contributed by atoms with van der Waals surface area (Å²) in [6.45, 7) is 8.57. The lowest BCUT2D eigenvalue weighted by atomic mass is 9.94. The quantitative estimate of drug-likeness (QED) is 0.588. The van der Waals surface area contributed by atoms with E-state index in [1.54, 1.807) is 0 Å². The Morgan fingerprint density at radius 2 is 0.921 bits per heavy atom. The Kier molecular flexibility index (Phi) is 12.8. The Morgan fingerprint density at radius 3 is 1.32 bits per heavy atom. The average molecular weight is 529 g/mol. The fraction of sp³-hybridized carbons (Fsp3) is 0.600. The molecular weight excluding hydrogens is 480 g/mol. The van der Waals surface area contributed by atoms with Crippen LogP contribution in [0.2, 0.25) is 0 Å². The summed E-state index contributed by atoms with van der Waals surface area (Å²) in [5.74, 6) is 0. The predicted molar refractivity (Wildman–Crippen MR) is 156 cm³/mol. The van der Waals surface area contributed by atoms with Crippen molar-refractivity contribution in [2.75, 3.05) is 118 Å². The first kappa shape index (κ1) is 30.3. The van der Waals surface area contributed by atoms with Crippen molar-refractivity contribution < 1.29 is 18.9 Å². The molecule has 0 aromatic heterocycles. The normalized spacial score (nSPS) is 18.5. The highest BCUT2D eigenvalue weighted by Gasteiger charge is 2.14. The molecule has 1 aliphatic heterocycles. The van der Waals surface area contributed by atoms with Crippen molar-refractivity contribution >= 4 is 11.4 Å². The molecule has 0 amide bonds. The van der Waals surface area contributed by atoms with Crippen LogP contribution in [0.1, 0.15) is 11.1 Å². The third kappa shape index (κ3) is 9.84. The summed E-state index contributed by atoms with van der Waals surface area (Å²) in [6.07, 6.45) is 0. The van der Waals surface area contributed by atoms with Crippen molar-refractivity contribution in [1.29, 1.82) is 0 Å². The highest BCUT2D eigenvalue weighted by molar-refractivity contribution is 5.75.